The van der Waals surface area contributed by atoms with Crippen molar-refractivity contribution in [2.24, 2.45) is 0 Å². The number of piperazine rings is 1. The second-order valence-electron chi connectivity index (χ2n) is 11.6. The number of hydrogen-bond acceptors (Lipinski definition) is 8. The molecule has 2 aromatic heterocycles. The van der Waals surface area contributed by atoms with Crippen molar-refractivity contribution >= 4 is 38.0 Å². The molecule has 3 heterocycles. The Hall–Kier alpha value is -3.77. The number of rotatable bonds is 6. The van der Waals surface area contributed by atoms with Crippen molar-refractivity contribution in [1.82, 2.24) is 29.6 Å². The van der Waals surface area contributed by atoms with Crippen molar-refractivity contribution in [3.05, 3.63) is 57.9 Å². The highest BCUT2D eigenvalue weighted by molar-refractivity contribution is 7.91. The molecule has 0 unspecified atom stereocenters. The molecule has 1 saturated heterocycles. The van der Waals surface area contributed by atoms with Gasteiger partial charge in [0.1, 0.15) is 0 Å². The fraction of sp³-hybridized carbons (Fsp3) is 0.467. The molecule has 1 saturated carbocycles. The normalized spacial score (nSPS) is 17.3. The summed E-state index contributed by atoms with van der Waals surface area (Å²) in [6, 6.07) is 10.9. The highest BCUT2D eigenvalue weighted by atomic mass is 32.2. The maximum atomic E-state index is 13.6. The molecule has 1 amide bonds. The number of H-pyrrole nitrogens is 1. The lowest BCUT2D eigenvalue weighted by Gasteiger charge is -2.37. The van der Waals surface area contributed by atoms with Gasteiger partial charge < -0.3 is 9.80 Å². The third kappa shape index (κ3) is 5.17. The number of sulfone groups is 1. The molecule has 6 rings (SSSR count). The predicted octanol–water partition coefficient (Wildman–Crippen LogP) is 2.93. The molecule has 0 bridgehead atoms. The molecule has 0 spiro atoms. The Labute approximate surface area is 245 Å². The van der Waals surface area contributed by atoms with E-state index in [4.69, 9.17) is 0 Å². The van der Waals surface area contributed by atoms with Gasteiger partial charge >= 0.3 is 0 Å². The van der Waals surface area contributed by atoms with Gasteiger partial charge in [0.2, 0.25) is 20.8 Å². The Balaban J connectivity index is 1.23. The molecule has 222 valence electrons. The molecule has 0 atom stereocenters. The van der Waals surface area contributed by atoms with Crippen molar-refractivity contribution in [2.45, 2.75) is 61.9 Å². The van der Waals surface area contributed by atoms with Crippen molar-refractivity contribution in [3.8, 4) is 0 Å². The summed E-state index contributed by atoms with van der Waals surface area (Å²) >= 11 is 0. The zero-order valence-corrected chi connectivity index (χ0v) is 25.2. The zero-order valence-electron chi connectivity index (χ0n) is 24.3. The van der Waals surface area contributed by atoms with Gasteiger partial charge in [0.15, 0.2) is 5.65 Å². The average molecular weight is 592 g/mol. The number of hydrogen-bond donors (Lipinski definition) is 1. The van der Waals surface area contributed by atoms with Gasteiger partial charge in [0.25, 0.3) is 5.56 Å². The number of aryl methyl sites for hydroxylation is 2. The first-order valence-corrected chi connectivity index (χ1v) is 16.1. The Kier molecular flexibility index (Phi) is 7.52. The summed E-state index contributed by atoms with van der Waals surface area (Å²) < 4.78 is 28.6. The fourth-order valence-electron chi connectivity index (χ4n) is 6.32. The second-order valence-corrected chi connectivity index (χ2v) is 13.5. The summed E-state index contributed by atoms with van der Waals surface area (Å²) in [4.78, 5) is 36.5. The lowest BCUT2D eigenvalue weighted by molar-refractivity contribution is -0.133. The van der Waals surface area contributed by atoms with Crippen LogP contribution in [0.15, 0.2) is 51.1 Å². The highest BCUT2D eigenvalue weighted by Gasteiger charge is 2.29. The number of nitrogens with one attached hydrogen (secondary N) is 1. The third-order valence-electron chi connectivity index (χ3n) is 8.80. The quantitative estimate of drug-likeness (QED) is 0.363. The van der Waals surface area contributed by atoms with Crippen molar-refractivity contribution in [3.63, 3.8) is 0 Å². The third-order valence-corrected chi connectivity index (χ3v) is 10.6. The van der Waals surface area contributed by atoms with Gasteiger partial charge in [-0.15, -0.1) is 5.10 Å². The first-order valence-electron chi connectivity index (χ1n) is 14.6. The van der Waals surface area contributed by atoms with Crippen molar-refractivity contribution in [2.75, 3.05) is 44.7 Å². The molecule has 1 aliphatic carbocycles. The minimum Gasteiger partial charge on any atom is -0.369 e. The standard InChI is InChI=1S/C30H37N7O4S/c1-20-9-12-26(21(2)17-20)42(40,41)30-28-31-29(39)24-11-10-23(18-25(24)37(28)33-32-30)36-15-13-35(14-16-36)19-27(38)34(3)22-7-5-4-6-8-22/h9-12,17-18,22,33H,4-8,13-16,19H2,1-3H3. The van der Waals surface area contributed by atoms with Gasteiger partial charge in [-0.25, -0.2) is 18.1 Å². The molecule has 1 N–H and O–H groups in total. The van der Waals surface area contributed by atoms with Crippen LogP contribution in [0.3, 0.4) is 0 Å². The van der Waals surface area contributed by atoms with Gasteiger partial charge in [-0.2, -0.15) is 4.98 Å². The number of nitrogens with zero attached hydrogens (tertiary/aromatic N) is 6. The summed E-state index contributed by atoms with van der Waals surface area (Å²) in [7, 11) is -2.09. The van der Waals surface area contributed by atoms with Crippen molar-refractivity contribution < 1.29 is 13.2 Å². The average Bonchev–Trinajstić information content (AvgIpc) is 3.42. The first-order chi connectivity index (χ1) is 20.1. The minimum atomic E-state index is -4.03. The predicted molar refractivity (Wildman–Crippen MR) is 161 cm³/mol. The van der Waals surface area contributed by atoms with Crippen molar-refractivity contribution in [1.29, 1.82) is 0 Å². The molecule has 42 heavy (non-hydrogen) atoms. The molecule has 2 aliphatic rings. The van der Waals surface area contributed by atoms with Crippen LogP contribution in [-0.2, 0) is 14.6 Å². The van der Waals surface area contributed by atoms with E-state index in [0.29, 0.717) is 29.1 Å². The van der Waals surface area contributed by atoms with Crippen LogP contribution >= 0.6 is 0 Å². The van der Waals surface area contributed by atoms with Gasteiger partial charge in [0, 0.05) is 45.0 Å². The van der Waals surface area contributed by atoms with Crippen LogP contribution in [0.2, 0.25) is 0 Å². The topological polar surface area (TPSA) is 124 Å². The van der Waals surface area contributed by atoms with E-state index in [1.807, 2.05) is 31.0 Å². The number of amides is 1. The van der Waals surface area contributed by atoms with Crippen LogP contribution in [0, 0.1) is 13.8 Å². The molecule has 0 radical (unpaired) electrons. The van der Waals surface area contributed by atoms with Gasteiger partial charge in [-0.05, 0) is 56.5 Å². The Morgan fingerprint density at radius 3 is 2.48 bits per heavy atom. The van der Waals surface area contributed by atoms with E-state index >= 15 is 0 Å². The Bertz CT molecular complexity index is 1820. The van der Waals surface area contributed by atoms with Crippen LogP contribution in [0.1, 0.15) is 43.2 Å². The maximum absolute atomic E-state index is 13.6. The van der Waals surface area contributed by atoms with E-state index in [9.17, 15) is 18.0 Å². The number of carbonyl (C=O) groups excluding carboxylic acids is 1. The van der Waals surface area contributed by atoms with Crippen LogP contribution < -0.4 is 10.5 Å². The summed E-state index contributed by atoms with van der Waals surface area (Å²) in [5.74, 6) is 0.182. The van der Waals surface area contributed by atoms with E-state index in [0.717, 1.165) is 50.3 Å². The van der Waals surface area contributed by atoms with E-state index in [1.165, 1.54) is 23.8 Å². The molecular weight excluding hydrogens is 554 g/mol. The summed E-state index contributed by atoms with van der Waals surface area (Å²) in [5, 5.41) is 6.98. The van der Waals surface area contributed by atoms with E-state index in [1.54, 1.807) is 31.2 Å². The SMILES string of the molecule is Cc1ccc(S(=O)(=O)c2n[nH]n3c2nc(=O)c2ccc(N4CCN(CC(=O)N(C)C5CCCCC5)CC4)cc23)c(C)c1. The van der Waals surface area contributed by atoms with Crippen LogP contribution in [0.5, 0.6) is 0 Å². The molecule has 1 aliphatic heterocycles. The molecule has 2 aromatic carbocycles. The largest absolute Gasteiger partial charge is 0.369 e. The first kappa shape index (κ1) is 28.4. The van der Waals surface area contributed by atoms with Crippen LogP contribution in [0.25, 0.3) is 16.6 Å². The Morgan fingerprint density at radius 1 is 1.02 bits per heavy atom. The number of carbonyl (C=O) groups is 1. The number of likely N-dealkylation sites (N-methyl/N-ethyl adjacent to an activating group) is 1. The van der Waals surface area contributed by atoms with Gasteiger partial charge in [-0.3, -0.25) is 14.5 Å². The number of benzene rings is 2. The molecule has 2 fully saturated rings. The number of aromatic amines is 1. The number of fused-ring (bicyclic) bond motifs is 3. The summed E-state index contributed by atoms with van der Waals surface area (Å²) in [6.45, 7) is 7.00. The highest BCUT2D eigenvalue weighted by Crippen LogP contribution is 2.28. The smallest absolute Gasteiger partial charge is 0.281 e. The maximum Gasteiger partial charge on any atom is 0.281 e. The van der Waals surface area contributed by atoms with E-state index in [-0.39, 0.29) is 21.5 Å². The van der Waals surface area contributed by atoms with Crippen LogP contribution in [0.4, 0.5) is 5.69 Å². The zero-order chi connectivity index (χ0) is 29.6. The minimum absolute atomic E-state index is 0.0324. The fourth-order valence-corrected chi connectivity index (χ4v) is 7.79. The van der Waals surface area contributed by atoms with E-state index in [2.05, 4.69) is 25.1 Å². The lowest BCUT2D eigenvalue weighted by atomic mass is 9.94. The molecule has 11 nitrogen and oxygen atoms in total. The van der Waals surface area contributed by atoms with Crippen LogP contribution in [-0.4, -0.2) is 89.7 Å². The van der Waals surface area contributed by atoms with Gasteiger partial charge in [-0.1, -0.05) is 37.0 Å². The molecule has 12 heteroatoms. The number of anilines is 1. The molecular formula is C30H37N7O4S. The number of aromatic nitrogens is 4. The monoisotopic (exact) mass is 591 g/mol. The van der Waals surface area contributed by atoms with Gasteiger partial charge in [0.05, 0.1) is 22.3 Å². The molecule has 4 aromatic rings. The second kappa shape index (κ2) is 11.1. The Morgan fingerprint density at radius 2 is 1.76 bits per heavy atom. The lowest BCUT2D eigenvalue weighted by Crippen LogP contribution is -2.51. The summed E-state index contributed by atoms with van der Waals surface area (Å²) in [5.41, 5.74) is 2.41. The summed E-state index contributed by atoms with van der Waals surface area (Å²) in [6.07, 6.45) is 5.85. The van der Waals surface area contributed by atoms with E-state index < -0.39 is 15.4 Å².